The van der Waals surface area contributed by atoms with E-state index in [1.165, 1.54) is 6.92 Å². The third-order valence-corrected chi connectivity index (χ3v) is 5.43. The van der Waals surface area contributed by atoms with E-state index < -0.39 is 0 Å². The van der Waals surface area contributed by atoms with E-state index in [-0.39, 0.29) is 17.7 Å². The third kappa shape index (κ3) is 4.82. The van der Waals surface area contributed by atoms with Crippen molar-refractivity contribution in [2.24, 2.45) is 0 Å². The molecule has 1 fully saturated rings. The first-order chi connectivity index (χ1) is 14.9. The normalized spacial score (nSPS) is 16.2. The van der Waals surface area contributed by atoms with Crippen molar-refractivity contribution in [3.05, 3.63) is 65.0 Å². The van der Waals surface area contributed by atoms with Crippen LogP contribution < -0.4 is 5.32 Å². The van der Waals surface area contributed by atoms with Gasteiger partial charge >= 0.3 is 0 Å². The molecule has 0 bridgehead atoms. The van der Waals surface area contributed by atoms with Gasteiger partial charge in [0.25, 0.3) is 5.91 Å². The van der Waals surface area contributed by atoms with Gasteiger partial charge in [0, 0.05) is 36.8 Å². The lowest BCUT2D eigenvalue weighted by atomic mass is 9.96. The maximum absolute atomic E-state index is 13.0. The Morgan fingerprint density at radius 3 is 2.48 bits per heavy atom. The van der Waals surface area contributed by atoms with Gasteiger partial charge in [0.2, 0.25) is 17.6 Å². The number of nitrogens with zero attached hydrogens (tertiary/aromatic N) is 3. The molecule has 1 atom stereocenters. The summed E-state index contributed by atoms with van der Waals surface area (Å²) in [7, 11) is 0. The Hall–Kier alpha value is -3.48. The Morgan fingerprint density at radius 1 is 1.10 bits per heavy atom. The number of anilines is 1. The minimum Gasteiger partial charge on any atom is -0.339 e. The van der Waals surface area contributed by atoms with Crippen LogP contribution in [0.5, 0.6) is 0 Å². The maximum Gasteiger partial charge on any atom is 0.253 e. The number of aryl methyl sites for hydroxylation is 2. The van der Waals surface area contributed by atoms with Crippen molar-refractivity contribution in [2.75, 3.05) is 18.4 Å². The smallest absolute Gasteiger partial charge is 0.253 e. The van der Waals surface area contributed by atoms with Crippen LogP contribution in [0.1, 0.15) is 53.1 Å². The molecule has 1 aliphatic rings. The number of aromatic nitrogens is 2. The second-order valence-electron chi connectivity index (χ2n) is 8.18. The van der Waals surface area contributed by atoms with E-state index in [2.05, 4.69) is 21.5 Å². The molecule has 2 amide bonds. The van der Waals surface area contributed by atoms with E-state index in [1.807, 2.05) is 43.0 Å². The van der Waals surface area contributed by atoms with Gasteiger partial charge in [-0.05, 0) is 63.1 Å². The molecule has 1 aliphatic heterocycles. The highest BCUT2D eigenvalue weighted by atomic mass is 16.5. The topological polar surface area (TPSA) is 88.3 Å². The lowest BCUT2D eigenvalue weighted by molar-refractivity contribution is -0.114. The quantitative estimate of drug-likeness (QED) is 0.681. The van der Waals surface area contributed by atoms with Crippen molar-refractivity contribution >= 4 is 17.5 Å². The maximum atomic E-state index is 13.0. The first kappa shape index (κ1) is 20.8. The highest BCUT2D eigenvalue weighted by molar-refractivity contribution is 5.94. The largest absolute Gasteiger partial charge is 0.339 e. The summed E-state index contributed by atoms with van der Waals surface area (Å²) in [6.07, 6.45) is 1.80. The van der Waals surface area contributed by atoms with Gasteiger partial charge in [-0.3, -0.25) is 9.59 Å². The van der Waals surface area contributed by atoms with E-state index in [0.29, 0.717) is 23.9 Å². The number of piperidine rings is 1. The zero-order valence-corrected chi connectivity index (χ0v) is 18.0. The molecule has 1 N–H and O–H groups in total. The molecular weight excluding hydrogens is 392 g/mol. The first-order valence-electron chi connectivity index (χ1n) is 10.5. The highest BCUT2D eigenvalue weighted by Gasteiger charge is 2.29. The molecule has 0 saturated carbocycles. The molecule has 7 nitrogen and oxygen atoms in total. The van der Waals surface area contributed by atoms with E-state index >= 15 is 0 Å². The molecule has 1 aromatic heterocycles. The third-order valence-electron chi connectivity index (χ3n) is 5.43. The number of amides is 2. The average molecular weight is 418 g/mol. The molecule has 2 aromatic carbocycles. The summed E-state index contributed by atoms with van der Waals surface area (Å²) in [4.78, 5) is 30.7. The number of carbonyl (C=O) groups is 2. The molecule has 31 heavy (non-hydrogen) atoms. The Bertz CT molecular complexity index is 1080. The Morgan fingerprint density at radius 2 is 1.81 bits per heavy atom. The number of rotatable bonds is 4. The Balaban J connectivity index is 1.47. The molecule has 160 valence electrons. The molecular formula is C24H26N4O3. The van der Waals surface area contributed by atoms with Gasteiger partial charge in [0.05, 0.1) is 5.92 Å². The minimum absolute atomic E-state index is 0.0171. The Kier molecular flexibility index (Phi) is 5.84. The second-order valence-corrected chi connectivity index (χ2v) is 8.18. The number of hydrogen-bond acceptors (Lipinski definition) is 5. The number of hydrogen-bond donors (Lipinski definition) is 1. The van der Waals surface area contributed by atoms with Crippen LogP contribution in [-0.2, 0) is 4.79 Å². The fourth-order valence-electron chi connectivity index (χ4n) is 4.07. The SMILES string of the molecule is CC(=O)Nc1ccc(-c2noc(C3CCCN(C(=O)c4cc(C)cc(C)c4)C3)n2)cc1. The van der Waals surface area contributed by atoms with Crippen LogP contribution in [0.4, 0.5) is 5.69 Å². The van der Waals surface area contributed by atoms with Crippen molar-refractivity contribution in [2.45, 2.75) is 39.5 Å². The zero-order valence-electron chi connectivity index (χ0n) is 18.0. The Labute approximate surface area is 181 Å². The van der Waals surface area contributed by atoms with Gasteiger partial charge in [0.1, 0.15) is 0 Å². The number of benzene rings is 2. The summed E-state index contributed by atoms with van der Waals surface area (Å²) in [5, 5.41) is 6.86. The highest BCUT2D eigenvalue weighted by Crippen LogP contribution is 2.29. The monoisotopic (exact) mass is 418 g/mol. The number of likely N-dealkylation sites (tertiary alicyclic amines) is 1. The molecule has 7 heteroatoms. The van der Waals surface area contributed by atoms with Gasteiger partial charge in [-0.15, -0.1) is 0 Å². The molecule has 0 aliphatic carbocycles. The van der Waals surface area contributed by atoms with Crippen LogP contribution in [-0.4, -0.2) is 39.9 Å². The van der Waals surface area contributed by atoms with E-state index in [0.717, 1.165) is 41.6 Å². The molecule has 1 saturated heterocycles. The molecule has 4 rings (SSSR count). The summed E-state index contributed by atoms with van der Waals surface area (Å²) in [6.45, 7) is 6.78. The van der Waals surface area contributed by atoms with Gasteiger partial charge in [-0.25, -0.2) is 0 Å². The van der Waals surface area contributed by atoms with Crippen molar-refractivity contribution in [1.82, 2.24) is 15.0 Å². The average Bonchev–Trinajstić information content (AvgIpc) is 3.23. The standard InChI is InChI=1S/C24H26N4O3/c1-15-11-16(2)13-20(12-15)24(30)28-10-4-5-19(14-28)23-26-22(27-31-23)18-6-8-21(9-7-18)25-17(3)29/h6-9,11-13,19H,4-5,10,14H2,1-3H3,(H,25,29). The number of carbonyl (C=O) groups excluding carboxylic acids is 2. The van der Waals surface area contributed by atoms with Gasteiger partial charge in [0.15, 0.2) is 0 Å². The van der Waals surface area contributed by atoms with E-state index in [1.54, 1.807) is 12.1 Å². The van der Waals surface area contributed by atoms with Crippen LogP contribution in [0.3, 0.4) is 0 Å². The molecule has 2 heterocycles. The molecule has 3 aromatic rings. The zero-order chi connectivity index (χ0) is 22.0. The van der Waals surface area contributed by atoms with Crippen molar-refractivity contribution < 1.29 is 14.1 Å². The van der Waals surface area contributed by atoms with Crippen molar-refractivity contribution in [1.29, 1.82) is 0 Å². The van der Waals surface area contributed by atoms with E-state index in [4.69, 9.17) is 4.52 Å². The minimum atomic E-state index is -0.119. The van der Waals surface area contributed by atoms with Crippen LogP contribution in [0.15, 0.2) is 47.0 Å². The fourth-order valence-corrected chi connectivity index (χ4v) is 4.07. The van der Waals surface area contributed by atoms with Gasteiger partial charge in [-0.1, -0.05) is 22.3 Å². The van der Waals surface area contributed by atoms with Gasteiger partial charge in [-0.2, -0.15) is 4.98 Å². The van der Waals surface area contributed by atoms with E-state index in [9.17, 15) is 9.59 Å². The van der Waals surface area contributed by atoms with Gasteiger partial charge < -0.3 is 14.7 Å². The number of nitrogens with one attached hydrogen (secondary N) is 1. The first-order valence-corrected chi connectivity index (χ1v) is 10.5. The lowest BCUT2D eigenvalue weighted by Gasteiger charge is -2.31. The van der Waals surface area contributed by atoms with Crippen molar-refractivity contribution in [3.8, 4) is 11.4 Å². The summed E-state index contributed by atoms with van der Waals surface area (Å²) in [5.41, 5.74) is 4.42. The van der Waals surface area contributed by atoms with Crippen LogP contribution >= 0.6 is 0 Å². The molecule has 1 unspecified atom stereocenters. The van der Waals surface area contributed by atoms with Crippen LogP contribution in [0, 0.1) is 13.8 Å². The summed E-state index contributed by atoms with van der Waals surface area (Å²) < 4.78 is 5.56. The summed E-state index contributed by atoms with van der Waals surface area (Å²) >= 11 is 0. The van der Waals surface area contributed by atoms with Crippen molar-refractivity contribution in [3.63, 3.8) is 0 Å². The van der Waals surface area contributed by atoms with Crippen LogP contribution in [0.2, 0.25) is 0 Å². The predicted octanol–water partition coefficient (Wildman–Crippen LogP) is 4.33. The fraction of sp³-hybridized carbons (Fsp3) is 0.333. The molecule has 0 spiro atoms. The summed E-state index contributed by atoms with van der Waals surface area (Å²) in [5.74, 6) is 1.00. The predicted molar refractivity (Wildman–Crippen MR) is 118 cm³/mol. The molecule has 0 radical (unpaired) electrons. The second kappa shape index (κ2) is 8.71. The summed E-state index contributed by atoms with van der Waals surface area (Å²) in [6, 6.07) is 13.2. The van der Waals surface area contributed by atoms with Crippen LogP contribution in [0.25, 0.3) is 11.4 Å². The lowest BCUT2D eigenvalue weighted by Crippen LogP contribution is -2.39.